The minimum atomic E-state index is 0.279. The molecule has 0 radical (unpaired) electrons. The normalized spacial score (nSPS) is 12.4. The monoisotopic (exact) mass is 240 g/mol. The summed E-state index contributed by atoms with van der Waals surface area (Å²) in [4.78, 5) is 5.96. The van der Waals surface area contributed by atoms with Gasteiger partial charge in [-0.1, -0.05) is 27.7 Å². The molecule has 1 aromatic rings. The molecular weight excluding hydrogens is 216 g/mol. The van der Waals surface area contributed by atoms with Gasteiger partial charge in [0, 0.05) is 23.9 Å². The maximum atomic E-state index is 4.61. The topological polar surface area (TPSA) is 24.9 Å². The number of nitrogens with one attached hydrogen (secondary N) is 1. The molecule has 0 aromatic carbocycles. The van der Waals surface area contributed by atoms with Crippen molar-refractivity contribution >= 4 is 11.3 Å². The van der Waals surface area contributed by atoms with Crippen molar-refractivity contribution in [3.8, 4) is 0 Å². The largest absolute Gasteiger partial charge is 0.314 e. The van der Waals surface area contributed by atoms with Crippen LogP contribution in [0.3, 0.4) is 0 Å². The Morgan fingerprint density at radius 2 is 1.94 bits per heavy atom. The van der Waals surface area contributed by atoms with Gasteiger partial charge < -0.3 is 5.32 Å². The van der Waals surface area contributed by atoms with Crippen molar-refractivity contribution in [2.75, 3.05) is 6.54 Å². The van der Waals surface area contributed by atoms with Gasteiger partial charge in [-0.25, -0.2) is 4.98 Å². The Kier molecular flexibility index (Phi) is 4.51. The third kappa shape index (κ3) is 4.22. The number of aryl methyl sites for hydroxylation is 2. The smallest absolute Gasteiger partial charge is 0.0936 e. The van der Waals surface area contributed by atoms with Crippen molar-refractivity contribution in [1.82, 2.24) is 10.3 Å². The molecule has 0 aliphatic rings. The first-order chi connectivity index (χ1) is 7.30. The number of rotatable bonds is 5. The fraction of sp³-hybridized carbons (Fsp3) is 0.769. The van der Waals surface area contributed by atoms with Crippen LogP contribution in [0.25, 0.3) is 0 Å². The van der Waals surface area contributed by atoms with Crippen LogP contribution >= 0.6 is 11.3 Å². The van der Waals surface area contributed by atoms with E-state index in [1.54, 1.807) is 0 Å². The van der Waals surface area contributed by atoms with Crippen molar-refractivity contribution < 1.29 is 0 Å². The number of hydrogen-bond acceptors (Lipinski definition) is 3. The summed E-state index contributed by atoms with van der Waals surface area (Å²) in [7, 11) is 0. The molecule has 0 bridgehead atoms. The first-order valence-corrected chi connectivity index (χ1v) is 6.78. The molecule has 0 saturated carbocycles. The lowest BCUT2D eigenvalue weighted by Crippen LogP contribution is -2.35. The van der Waals surface area contributed by atoms with E-state index in [1.807, 2.05) is 11.3 Å². The Bertz CT molecular complexity index is 320. The summed E-state index contributed by atoms with van der Waals surface area (Å²) in [5, 5.41) is 4.77. The Morgan fingerprint density at radius 3 is 2.38 bits per heavy atom. The molecule has 0 atom stereocenters. The first kappa shape index (κ1) is 13.7. The fourth-order valence-corrected chi connectivity index (χ4v) is 2.76. The lowest BCUT2D eigenvalue weighted by molar-refractivity contribution is 0.325. The van der Waals surface area contributed by atoms with E-state index < -0.39 is 0 Å². The summed E-state index contributed by atoms with van der Waals surface area (Å²) in [5.74, 6) is 0. The number of thiazole rings is 1. The van der Waals surface area contributed by atoms with Gasteiger partial charge in [-0.05, 0) is 19.3 Å². The van der Waals surface area contributed by atoms with E-state index >= 15 is 0 Å². The zero-order chi connectivity index (χ0) is 12.3. The minimum Gasteiger partial charge on any atom is -0.314 e. The van der Waals surface area contributed by atoms with E-state index in [2.05, 4.69) is 51.8 Å². The molecule has 3 heteroatoms. The summed E-state index contributed by atoms with van der Waals surface area (Å²) < 4.78 is 0. The summed E-state index contributed by atoms with van der Waals surface area (Å²) in [6, 6.07) is 0.555. The molecule has 0 unspecified atom stereocenters. The van der Waals surface area contributed by atoms with Crippen molar-refractivity contribution in [3.05, 3.63) is 15.6 Å². The summed E-state index contributed by atoms with van der Waals surface area (Å²) in [5.41, 5.74) is 1.47. The van der Waals surface area contributed by atoms with Gasteiger partial charge in [0.2, 0.25) is 0 Å². The summed E-state index contributed by atoms with van der Waals surface area (Å²) >= 11 is 1.84. The van der Waals surface area contributed by atoms with Crippen LogP contribution in [0.2, 0.25) is 0 Å². The van der Waals surface area contributed by atoms with E-state index in [-0.39, 0.29) is 5.41 Å². The highest BCUT2D eigenvalue weighted by Gasteiger charge is 2.20. The zero-order valence-corrected chi connectivity index (χ0v) is 12.2. The lowest BCUT2D eigenvalue weighted by Gasteiger charge is -2.25. The molecule has 0 amide bonds. The summed E-state index contributed by atoms with van der Waals surface area (Å²) in [6.07, 6.45) is 1.06. The molecule has 0 spiro atoms. The number of nitrogens with zero attached hydrogens (tertiary/aromatic N) is 1. The average molecular weight is 240 g/mol. The third-order valence-electron chi connectivity index (χ3n) is 2.69. The second kappa shape index (κ2) is 5.28. The highest BCUT2D eigenvalue weighted by molar-refractivity contribution is 7.11. The van der Waals surface area contributed by atoms with Crippen LogP contribution in [0.15, 0.2) is 0 Å². The molecule has 1 N–H and O–H groups in total. The summed E-state index contributed by atoms with van der Waals surface area (Å²) in [6.45, 7) is 14.3. The molecule has 1 rings (SSSR count). The predicted octanol–water partition coefficient (Wildman–Crippen LogP) is 3.33. The first-order valence-electron chi connectivity index (χ1n) is 5.96. The highest BCUT2D eigenvalue weighted by atomic mass is 32.1. The van der Waals surface area contributed by atoms with Crippen molar-refractivity contribution in [2.24, 2.45) is 5.41 Å². The van der Waals surface area contributed by atoms with E-state index in [0.717, 1.165) is 13.0 Å². The average Bonchev–Trinajstić information content (AvgIpc) is 2.42. The van der Waals surface area contributed by atoms with Crippen LogP contribution < -0.4 is 5.32 Å². The maximum Gasteiger partial charge on any atom is 0.0936 e. The Morgan fingerprint density at radius 1 is 1.31 bits per heavy atom. The quantitative estimate of drug-likeness (QED) is 0.854. The SMILES string of the molecule is Cc1nc(CC(C)(C)CNC(C)C)sc1C. The fourth-order valence-electron chi connectivity index (χ4n) is 1.57. The lowest BCUT2D eigenvalue weighted by atomic mass is 9.89. The van der Waals surface area contributed by atoms with E-state index in [1.165, 1.54) is 15.6 Å². The van der Waals surface area contributed by atoms with Crippen molar-refractivity contribution in [3.63, 3.8) is 0 Å². The standard InChI is InChI=1S/C13H24N2S/c1-9(2)14-8-13(5,6)7-12-15-10(3)11(4)16-12/h9,14H,7-8H2,1-6H3. The van der Waals surface area contributed by atoms with E-state index in [4.69, 9.17) is 0 Å². The zero-order valence-electron chi connectivity index (χ0n) is 11.3. The van der Waals surface area contributed by atoms with Gasteiger partial charge in [-0.15, -0.1) is 11.3 Å². The second-order valence-corrected chi connectivity index (χ2v) is 6.91. The van der Waals surface area contributed by atoms with Gasteiger partial charge in [-0.3, -0.25) is 0 Å². The molecule has 0 saturated heterocycles. The second-order valence-electron chi connectivity index (χ2n) is 5.63. The minimum absolute atomic E-state index is 0.279. The highest BCUT2D eigenvalue weighted by Crippen LogP contribution is 2.25. The van der Waals surface area contributed by atoms with Crippen LogP contribution in [0.4, 0.5) is 0 Å². The van der Waals surface area contributed by atoms with Gasteiger partial charge in [0.25, 0.3) is 0 Å². The van der Waals surface area contributed by atoms with Crippen LogP contribution in [0.5, 0.6) is 0 Å². The Balaban J connectivity index is 2.57. The molecule has 1 aromatic heterocycles. The molecule has 0 aliphatic carbocycles. The third-order valence-corrected chi connectivity index (χ3v) is 3.76. The Labute approximate surface area is 103 Å². The van der Waals surface area contributed by atoms with Crippen molar-refractivity contribution in [1.29, 1.82) is 0 Å². The molecule has 16 heavy (non-hydrogen) atoms. The van der Waals surface area contributed by atoms with Gasteiger partial charge in [0.1, 0.15) is 0 Å². The molecule has 2 nitrogen and oxygen atoms in total. The van der Waals surface area contributed by atoms with E-state index in [0.29, 0.717) is 6.04 Å². The maximum absolute atomic E-state index is 4.61. The molecule has 1 heterocycles. The van der Waals surface area contributed by atoms with Gasteiger partial charge in [-0.2, -0.15) is 0 Å². The molecule has 0 aliphatic heterocycles. The predicted molar refractivity (Wildman–Crippen MR) is 72.2 cm³/mol. The van der Waals surface area contributed by atoms with Gasteiger partial charge >= 0.3 is 0 Å². The molecule has 92 valence electrons. The van der Waals surface area contributed by atoms with Crippen LogP contribution in [-0.2, 0) is 6.42 Å². The van der Waals surface area contributed by atoms with Crippen LogP contribution in [0, 0.1) is 19.3 Å². The van der Waals surface area contributed by atoms with E-state index in [9.17, 15) is 0 Å². The van der Waals surface area contributed by atoms with Gasteiger partial charge in [0.05, 0.1) is 10.7 Å². The van der Waals surface area contributed by atoms with Gasteiger partial charge in [0.15, 0.2) is 0 Å². The van der Waals surface area contributed by atoms with Crippen molar-refractivity contribution in [2.45, 2.75) is 54.0 Å². The van der Waals surface area contributed by atoms with Crippen LogP contribution in [0.1, 0.15) is 43.3 Å². The Hall–Kier alpha value is -0.410. The van der Waals surface area contributed by atoms with Crippen LogP contribution in [-0.4, -0.2) is 17.6 Å². The number of aromatic nitrogens is 1. The molecular formula is C13H24N2S. The number of hydrogen-bond donors (Lipinski definition) is 1. The molecule has 0 fully saturated rings.